The number of benzene rings is 3. The Kier molecular flexibility index (Phi) is 6.88. The van der Waals surface area contributed by atoms with Crippen LogP contribution in [0.25, 0.3) is 6.08 Å². The van der Waals surface area contributed by atoms with Gasteiger partial charge in [0.25, 0.3) is 10.0 Å². The van der Waals surface area contributed by atoms with E-state index < -0.39 is 16.0 Å². The van der Waals surface area contributed by atoms with E-state index in [-0.39, 0.29) is 23.0 Å². The van der Waals surface area contributed by atoms with Crippen molar-refractivity contribution >= 4 is 27.8 Å². The van der Waals surface area contributed by atoms with E-state index in [4.69, 9.17) is 14.2 Å². The van der Waals surface area contributed by atoms with Crippen LogP contribution in [0.15, 0.2) is 77.7 Å². The molecule has 0 spiro atoms. The number of carbonyl (C=O) groups excluding carboxylic acids is 1. The van der Waals surface area contributed by atoms with Crippen LogP contribution in [0, 0.1) is 0 Å². The molecule has 0 saturated carbocycles. The van der Waals surface area contributed by atoms with Crippen molar-refractivity contribution in [2.24, 2.45) is 0 Å². The minimum Gasteiger partial charge on any atom is -0.493 e. The molecule has 0 N–H and O–H groups in total. The number of rotatable bonds is 8. The highest BCUT2D eigenvalue weighted by molar-refractivity contribution is 7.93. The van der Waals surface area contributed by atoms with Gasteiger partial charge in [-0.25, -0.2) is 13.2 Å². The zero-order valence-corrected chi connectivity index (χ0v) is 19.7. The smallest absolute Gasteiger partial charge is 0.331 e. The first-order valence-corrected chi connectivity index (χ1v) is 12.1. The van der Waals surface area contributed by atoms with Gasteiger partial charge in [0.15, 0.2) is 11.5 Å². The summed E-state index contributed by atoms with van der Waals surface area (Å²) in [5, 5.41) is 0. The molecule has 7 nitrogen and oxygen atoms in total. The van der Waals surface area contributed by atoms with Crippen molar-refractivity contribution in [2.75, 3.05) is 25.1 Å². The van der Waals surface area contributed by atoms with Gasteiger partial charge in [-0.15, -0.1) is 0 Å². The Balaban J connectivity index is 1.63. The number of hydrogen-bond donors (Lipinski definition) is 0. The van der Waals surface area contributed by atoms with E-state index in [0.29, 0.717) is 24.2 Å². The fourth-order valence-electron chi connectivity index (χ4n) is 3.86. The normalized spacial score (nSPS) is 13.1. The second-order valence-electron chi connectivity index (χ2n) is 7.64. The Bertz CT molecular complexity index is 1320. The molecule has 4 rings (SSSR count). The summed E-state index contributed by atoms with van der Waals surface area (Å²) >= 11 is 0. The predicted molar refractivity (Wildman–Crippen MR) is 129 cm³/mol. The second kappa shape index (κ2) is 10.0. The molecule has 0 aliphatic carbocycles. The molecule has 3 aromatic rings. The molecule has 0 aromatic heterocycles. The van der Waals surface area contributed by atoms with E-state index >= 15 is 0 Å². The van der Waals surface area contributed by atoms with E-state index in [2.05, 4.69) is 0 Å². The molecule has 0 saturated heterocycles. The highest BCUT2D eigenvalue weighted by Gasteiger charge is 2.34. The van der Waals surface area contributed by atoms with Gasteiger partial charge in [-0.3, -0.25) is 4.31 Å². The first kappa shape index (κ1) is 23.4. The van der Waals surface area contributed by atoms with E-state index in [1.807, 2.05) is 48.5 Å². The highest BCUT2D eigenvalue weighted by Crippen LogP contribution is 2.40. The van der Waals surface area contributed by atoms with Gasteiger partial charge < -0.3 is 14.2 Å². The summed E-state index contributed by atoms with van der Waals surface area (Å²) < 4.78 is 44.8. The lowest BCUT2D eigenvalue weighted by Crippen LogP contribution is -2.29. The molecule has 0 amide bonds. The van der Waals surface area contributed by atoms with E-state index in [1.54, 1.807) is 12.1 Å². The molecule has 1 aliphatic heterocycles. The first-order chi connectivity index (χ1) is 16.4. The maximum atomic E-state index is 13.7. The average Bonchev–Trinajstić information content (AvgIpc) is 3.31. The third kappa shape index (κ3) is 4.77. The lowest BCUT2D eigenvalue weighted by Gasteiger charge is -2.22. The van der Waals surface area contributed by atoms with Crippen LogP contribution in [0.5, 0.6) is 11.5 Å². The Hall–Kier alpha value is -3.78. The molecular formula is C26H25NO6S. The zero-order chi connectivity index (χ0) is 24.1. The maximum Gasteiger partial charge on any atom is 0.331 e. The third-order valence-corrected chi connectivity index (χ3v) is 7.33. The molecule has 8 heteroatoms. The van der Waals surface area contributed by atoms with Gasteiger partial charge in [-0.05, 0) is 47.4 Å². The van der Waals surface area contributed by atoms with Gasteiger partial charge in [0.2, 0.25) is 0 Å². The molecule has 0 fully saturated rings. The van der Waals surface area contributed by atoms with Crippen LogP contribution in [0.2, 0.25) is 0 Å². The molecule has 176 valence electrons. The number of esters is 1. The number of hydrogen-bond acceptors (Lipinski definition) is 6. The molecule has 0 unspecified atom stereocenters. The van der Waals surface area contributed by atoms with Gasteiger partial charge >= 0.3 is 5.97 Å². The Morgan fingerprint density at radius 2 is 1.74 bits per heavy atom. The lowest BCUT2D eigenvalue weighted by atomic mass is 10.2. The van der Waals surface area contributed by atoms with Crippen LogP contribution in [-0.2, 0) is 32.6 Å². The van der Waals surface area contributed by atoms with Crippen LogP contribution in [0.4, 0.5) is 5.69 Å². The van der Waals surface area contributed by atoms with Crippen LogP contribution in [0.1, 0.15) is 16.7 Å². The molecule has 1 heterocycles. The number of methoxy groups -OCH3 is 2. The largest absolute Gasteiger partial charge is 0.493 e. The van der Waals surface area contributed by atoms with Crippen molar-refractivity contribution < 1.29 is 27.4 Å². The monoisotopic (exact) mass is 479 g/mol. The summed E-state index contributed by atoms with van der Waals surface area (Å²) in [7, 11) is -1.13. The Morgan fingerprint density at radius 1 is 1.00 bits per heavy atom. The van der Waals surface area contributed by atoms with Crippen LogP contribution in [0.3, 0.4) is 0 Å². The van der Waals surface area contributed by atoms with Crippen molar-refractivity contribution in [3.63, 3.8) is 0 Å². The van der Waals surface area contributed by atoms with Crippen molar-refractivity contribution in [3.8, 4) is 11.5 Å². The quantitative estimate of drug-likeness (QED) is 0.356. The van der Waals surface area contributed by atoms with Crippen LogP contribution in [-0.4, -0.2) is 35.2 Å². The van der Waals surface area contributed by atoms with Gasteiger partial charge in [-0.1, -0.05) is 48.5 Å². The molecule has 34 heavy (non-hydrogen) atoms. The summed E-state index contributed by atoms with van der Waals surface area (Å²) in [6.45, 7) is 0.475. The van der Waals surface area contributed by atoms with Crippen molar-refractivity contribution in [3.05, 3.63) is 89.5 Å². The Morgan fingerprint density at radius 3 is 2.47 bits per heavy atom. The molecule has 0 radical (unpaired) electrons. The van der Waals surface area contributed by atoms with Gasteiger partial charge in [0, 0.05) is 12.6 Å². The molecular weight excluding hydrogens is 454 g/mol. The predicted octanol–water partition coefficient (Wildman–Crippen LogP) is 4.21. The number of anilines is 1. The summed E-state index contributed by atoms with van der Waals surface area (Å²) in [5.74, 6) is -0.194. The van der Waals surface area contributed by atoms with Gasteiger partial charge in [0.05, 0.1) is 19.9 Å². The zero-order valence-electron chi connectivity index (χ0n) is 18.9. The van der Waals surface area contributed by atoms with E-state index in [9.17, 15) is 13.2 Å². The summed E-state index contributed by atoms with van der Waals surface area (Å²) in [4.78, 5) is 12.2. The second-order valence-corrected chi connectivity index (χ2v) is 9.47. The van der Waals surface area contributed by atoms with Gasteiger partial charge in [0.1, 0.15) is 11.5 Å². The fourth-order valence-corrected chi connectivity index (χ4v) is 5.56. The van der Waals surface area contributed by atoms with E-state index in [0.717, 1.165) is 11.1 Å². The summed E-state index contributed by atoms with van der Waals surface area (Å²) in [6, 6.07) is 19.8. The number of para-hydroxylation sites is 1. The van der Waals surface area contributed by atoms with Crippen molar-refractivity contribution in [2.45, 2.75) is 17.9 Å². The van der Waals surface area contributed by atoms with Crippen LogP contribution < -0.4 is 13.8 Å². The van der Waals surface area contributed by atoms with Gasteiger partial charge in [-0.2, -0.15) is 0 Å². The minimum atomic E-state index is -3.96. The topological polar surface area (TPSA) is 82.1 Å². The summed E-state index contributed by atoms with van der Waals surface area (Å²) in [6.07, 6.45) is 3.37. The fraction of sp³-hybridized carbons (Fsp3) is 0.192. The van der Waals surface area contributed by atoms with Crippen molar-refractivity contribution in [1.82, 2.24) is 0 Å². The molecule has 0 bridgehead atoms. The number of carbonyl (C=O) groups is 1. The van der Waals surface area contributed by atoms with Crippen molar-refractivity contribution in [1.29, 1.82) is 0 Å². The maximum absolute atomic E-state index is 13.7. The molecule has 0 atom stereocenters. The molecule has 3 aromatic carbocycles. The number of sulfonamides is 1. The third-order valence-electron chi connectivity index (χ3n) is 5.52. The van der Waals surface area contributed by atoms with Crippen LogP contribution >= 0.6 is 0 Å². The standard InChI is InChI=1S/C26H25NO6S/c1-31-23-16-20(12-13-25(28)33-18-19-8-4-3-5-9-19)17-24(26(23)32-2)34(29,30)27-15-14-21-10-6-7-11-22(21)27/h3-13,16-17H,14-15,18H2,1-2H3/b13-12+. The first-order valence-electron chi connectivity index (χ1n) is 10.7. The van der Waals surface area contributed by atoms with E-state index in [1.165, 1.54) is 36.7 Å². The number of ether oxygens (including phenoxy) is 3. The Labute approximate surface area is 199 Å². The number of nitrogens with zero attached hydrogens (tertiary/aromatic N) is 1. The average molecular weight is 480 g/mol. The molecule has 1 aliphatic rings. The number of fused-ring (bicyclic) bond motifs is 1. The minimum absolute atomic E-state index is 0.0386. The SMILES string of the molecule is COc1cc(/C=C/C(=O)OCc2ccccc2)cc(S(=O)(=O)N2CCc3ccccc32)c1OC. The highest BCUT2D eigenvalue weighted by atomic mass is 32.2. The lowest BCUT2D eigenvalue weighted by molar-refractivity contribution is -0.138. The summed E-state index contributed by atoms with van der Waals surface area (Å²) in [5.41, 5.74) is 2.94.